The summed E-state index contributed by atoms with van der Waals surface area (Å²) in [6.45, 7) is 5.79. The van der Waals surface area contributed by atoms with Crippen LogP contribution in [0.1, 0.15) is 38.3 Å². The van der Waals surface area contributed by atoms with Crippen LogP contribution in [0.4, 0.5) is 0 Å². The molecule has 0 spiro atoms. The summed E-state index contributed by atoms with van der Waals surface area (Å²) in [4.78, 5) is 0. The van der Waals surface area contributed by atoms with Crippen LogP contribution >= 0.6 is 34.9 Å². The Labute approximate surface area is 117 Å². The van der Waals surface area contributed by atoms with Crippen molar-refractivity contribution in [3.05, 3.63) is 17.0 Å². The molecule has 0 radical (unpaired) electrons. The lowest BCUT2D eigenvalue weighted by molar-refractivity contribution is 0.483. The molecule has 17 heavy (non-hydrogen) atoms. The fraction of sp³-hybridized carbons (Fsp3) is 0.692. The Morgan fingerprint density at radius 1 is 1.59 bits per heavy atom. The molecule has 0 saturated carbocycles. The molecule has 3 atom stereocenters. The van der Waals surface area contributed by atoms with Crippen LogP contribution < -0.4 is 5.32 Å². The number of thiophene rings is 1. The highest BCUT2D eigenvalue weighted by Crippen LogP contribution is 2.43. The van der Waals surface area contributed by atoms with E-state index in [9.17, 15) is 0 Å². The maximum absolute atomic E-state index is 3.74. The topological polar surface area (TPSA) is 12.0 Å². The molecule has 2 heterocycles. The molecule has 0 aromatic carbocycles. The minimum Gasteiger partial charge on any atom is -0.310 e. The van der Waals surface area contributed by atoms with E-state index in [2.05, 4.69) is 36.9 Å². The van der Waals surface area contributed by atoms with Gasteiger partial charge in [-0.15, -0.1) is 23.1 Å². The third-order valence-electron chi connectivity index (χ3n) is 3.25. The van der Waals surface area contributed by atoms with Gasteiger partial charge in [0.2, 0.25) is 0 Å². The first-order chi connectivity index (χ1) is 8.20. The van der Waals surface area contributed by atoms with Gasteiger partial charge in [-0.1, -0.05) is 13.8 Å². The standard InChI is InChI=1S/C13H21NS3/c1-9(15-3)4-6-14-12-8-10(2)17-13-11(12)5-7-16-13/h5,7,9-10,12,14H,4,6,8H2,1-3H3/t9?,10-,12?/m0/s1. The molecule has 2 rings (SSSR count). The molecule has 0 amide bonds. The Balaban J connectivity index is 1.89. The van der Waals surface area contributed by atoms with Crippen LogP contribution in [0.3, 0.4) is 0 Å². The summed E-state index contributed by atoms with van der Waals surface area (Å²) in [7, 11) is 0. The number of nitrogens with one attached hydrogen (secondary N) is 1. The van der Waals surface area contributed by atoms with Crippen LogP contribution in [-0.2, 0) is 0 Å². The van der Waals surface area contributed by atoms with Crippen molar-refractivity contribution in [3.8, 4) is 0 Å². The zero-order valence-electron chi connectivity index (χ0n) is 10.7. The van der Waals surface area contributed by atoms with Gasteiger partial charge in [0, 0.05) is 16.5 Å². The highest BCUT2D eigenvalue weighted by atomic mass is 32.2. The third kappa shape index (κ3) is 3.66. The Hall–Kier alpha value is 0.360. The van der Waals surface area contributed by atoms with Gasteiger partial charge in [-0.2, -0.15) is 11.8 Å². The van der Waals surface area contributed by atoms with Gasteiger partial charge in [0.15, 0.2) is 0 Å². The molecule has 0 aliphatic carbocycles. The van der Waals surface area contributed by atoms with E-state index >= 15 is 0 Å². The highest BCUT2D eigenvalue weighted by molar-refractivity contribution is 8.01. The number of hydrogen-bond donors (Lipinski definition) is 1. The van der Waals surface area contributed by atoms with Gasteiger partial charge in [0.1, 0.15) is 0 Å². The Kier molecular flexibility index (Phi) is 5.27. The molecule has 1 nitrogen and oxygen atoms in total. The SMILES string of the molecule is CSC(C)CCNC1C[C@H](C)Sc2sccc21. The molecule has 0 bridgehead atoms. The number of thioether (sulfide) groups is 2. The maximum atomic E-state index is 3.74. The average molecular weight is 288 g/mol. The van der Waals surface area contributed by atoms with Gasteiger partial charge >= 0.3 is 0 Å². The van der Waals surface area contributed by atoms with Crippen LogP contribution in [0.5, 0.6) is 0 Å². The second-order valence-electron chi connectivity index (χ2n) is 4.67. The summed E-state index contributed by atoms with van der Waals surface area (Å²) in [5.41, 5.74) is 1.54. The number of rotatable bonds is 5. The van der Waals surface area contributed by atoms with Crippen molar-refractivity contribution in [1.29, 1.82) is 0 Å². The van der Waals surface area contributed by atoms with Crippen molar-refractivity contribution < 1.29 is 0 Å². The van der Waals surface area contributed by atoms with E-state index in [0.29, 0.717) is 6.04 Å². The molecule has 2 unspecified atom stereocenters. The van der Waals surface area contributed by atoms with Crippen LogP contribution in [0.15, 0.2) is 15.7 Å². The van der Waals surface area contributed by atoms with Crippen molar-refractivity contribution in [1.82, 2.24) is 5.32 Å². The van der Waals surface area contributed by atoms with E-state index < -0.39 is 0 Å². The summed E-state index contributed by atoms with van der Waals surface area (Å²) >= 11 is 5.89. The smallest absolute Gasteiger partial charge is 0.0649 e. The Morgan fingerprint density at radius 3 is 3.18 bits per heavy atom. The molecule has 96 valence electrons. The lowest BCUT2D eigenvalue weighted by Crippen LogP contribution is -2.28. The lowest BCUT2D eigenvalue weighted by atomic mass is 10.0. The lowest BCUT2D eigenvalue weighted by Gasteiger charge is -2.28. The van der Waals surface area contributed by atoms with Crippen LogP contribution in [-0.4, -0.2) is 23.3 Å². The van der Waals surface area contributed by atoms with E-state index in [1.165, 1.54) is 22.6 Å². The van der Waals surface area contributed by atoms with Gasteiger partial charge in [-0.3, -0.25) is 0 Å². The normalized spacial score (nSPS) is 25.6. The molecular formula is C13H21NS3. The predicted molar refractivity (Wildman–Crippen MR) is 82.6 cm³/mol. The fourth-order valence-electron chi connectivity index (χ4n) is 2.12. The molecule has 0 saturated heterocycles. The average Bonchev–Trinajstić information content (AvgIpc) is 2.76. The van der Waals surface area contributed by atoms with Crippen molar-refractivity contribution >= 4 is 34.9 Å². The third-order valence-corrected chi connectivity index (χ3v) is 6.64. The second kappa shape index (κ2) is 6.50. The highest BCUT2D eigenvalue weighted by Gasteiger charge is 2.25. The first kappa shape index (κ1) is 13.8. The molecule has 1 N–H and O–H groups in total. The van der Waals surface area contributed by atoms with Gasteiger partial charge < -0.3 is 5.32 Å². The molecule has 1 aliphatic rings. The zero-order chi connectivity index (χ0) is 12.3. The first-order valence-electron chi connectivity index (χ1n) is 6.21. The Bertz CT molecular complexity index is 350. The monoisotopic (exact) mass is 287 g/mol. The van der Waals surface area contributed by atoms with Crippen molar-refractivity contribution in [3.63, 3.8) is 0 Å². The molecule has 1 aromatic rings. The van der Waals surface area contributed by atoms with Gasteiger partial charge in [-0.25, -0.2) is 0 Å². The minimum absolute atomic E-state index is 0.585. The summed E-state index contributed by atoms with van der Waals surface area (Å²) < 4.78 is 1.53. The summed E-state index contributed by atoms with van der Waals surface area (Å²) in [6.07, 6.45) is 4.72. The van der Waals surface area contributed by atoms with Crippen LogP contribution in [0.2, 0.25) is 0 Å². The Morgan fingerprint density at radius 2 is 2.41 bits per heavy atom. The van der Waals surface area contributed by atoms with E-state index in [1.54, 1.807) is 0 Å². The van der Waals surface area contributed by atoms with Gasteiger partial charge in [0.25, 0.3) is 0 Å². The molecule has 0 fully saturated rings. The first-order valence-corrected chi connectivity index (χ1v) is 9.25. The van der Waals surface area contributed by atoms with Crippen molar-refractivity contribution in [2.45, 2.75) is 47.4 Å². The van der Waals surface area contributed by atoms with Crippen LogP contribution in [0.25, 0.3) is 0 Å². The summed E-state index contributed by atoms with van der Waals surface area (Å²) in [5, 5.41) is 7.48. The van der Waals surface area contributed by atoms with Gasteiger partial charge in [-0.05, 0) is 42.7 Å². The van der Waals surface area contributed by atoms with Crippen molar-refractivity contribution in [2.24, 2.45) is 0 Å². The molecular weight excluding hydrogens is 266 g/mol. The summed E-state index contributed by atoms with van der Waals surface area (Å²) in [6, 6.07) is 2.88. The minimum atomic E-state index is 0.585. The largest absolute Gasteiger partial charge is 0.310 e. The zero-order valence-corrected chi connectivity index (χ0v) is 13.2. The van der Waals surface area contributed by atoms with E-state index in [-0.39, 0.29) is 0 Å². The number of hydrogen-bond acceptors (Lipinski definition) is 4. The summed E-state index contributed by atoms with van der Waals surface area (Å²) in [5.74, 6) is 0. The maximum Gasteiger partial charge on any atom is 0.0649 e. The molecule has 1 aromatic heterocycles. The molecule has 4 heteroatoms. The van der Waals surface area contributed by atoms with E-state index in [0.717, 1.165) is 17.0 Å². The quantitative estimate of drug-likeness (QED) is 0.862. The van der Waals surface area contributed by atoms with Crippen molar-refractivity contribution in [2.75, 3.05) is 12.8 Å². The fourth-order valence-corrected chi connectivity index (χ4v) is 5.04. The van der Waals surface area contributed by atoms with E-state index in [1.807, 2.05) is 34.9 Å². The van der Waals surface area contributed by atoms with Gasteiger partial charge in [0.05, 0.1) is 4.21 Å². The van der Waals surface area contributed by atoms with E-state index in [4.69, 9.17) is 0 Å². The molecule has 1 aliphatic heterocycles. The number of fused-ring (bicyclic) bond motifs is 1. The second-order valence-corrected chi connectivity index (χ2v) is 8.57. The van der Waals surface area contributed by atoms with Crippen LogP contribution in [0, 0.1) is 0 Å². The predicted octanol–water partition coefficient (Wildman–Crippen LogP) is 4.40.